The third kappa shape index (κ3) is 4.85. The monoisotopic (exact) mass is 260 g/mol. The van der Waals surface area contributed by atoms with E-state index in [2.05, 4.69) is 5.10 Å². The van der Waals surface area contributed by atoms with E-state index >= 15 is 0 Å². The molecule has 1 aromatic rings. The fourth-order valence-electron chi connectivity index (χ4n) is 1.15. The van der Waals surface area contributed by atoms with Crippen molar-refractivity contribution in [3.8, 4) is 0 Å². The maximum atomic E-state index is 11.7. The van der Waals surface area contributed by atoms with Crippen LogP contribution in [0.2, 0.25) is 0 Å². The molecule has 7 nitrogen and oxygen atoms in total. The van der Waals surface area contributed by atoms with Gasteiger partial charge in [-0.2, -0.15) is 5.10 Å². The molecule has 0 aliphatic rings. The Morgan fingerprint density at radius 2 is 2.24 bits per heavy atom. The summed E-state index contributed by atoms with van der Waals surface area (Å²) in [6, 6.07) is 0. The molecule has 17 heavy (non-hydrogen) atoms. The first-order chi connectivity index (χ1) is 7.78. The number of nitrogen functional groups attached to an aromatic ring is 1. The minimum Gasteiger partial charge on any atom is -0.396 e. The molecule has 0 saturated carbocycles. The van der Waals surface area contributed by atoms with Crippen LogP contribution in [-0.4, -0.2) is 54.6 Å². The molecule has 0 aliphatic carbocycles. The van der Waals surface area contributed by atoms with Crippen LogP contribution >= 0.6 is 0 Å². The van der Waals surface area contributed by atoms with Gasteiger partial charge < -0.3 is 10.6 Å². The van der Waals surface area contributed by atoms with Crippen molar-refractivity contribution < 1.29 is 13.2 Å². The minimum absolute atomic E-state index is 0.0452. The summed E-state index contributed by atoms with van der Waals surface area (Å²) in [5, 5.41) is 3.87. The van der Waals surface area contributed by atoms with Gasteiger partial charge in [-0.3, -0.25) is 9.48 Å². The Kier molecular flexibility index (Phi) is 4.11. The Labute approximate surface area is 100 Å². The summed E-state index contributed by atoms with van der Waals surface area (Å²) >= 11 is 0. The Morgan fingerprint density at radius 1 is 1.59 bits per heavy atom. The maximum Gasteiger partial charge on any atom is 0.244 e. The van der Waals surface area contributed by atoms with Gasteiger partial charge in [-0.05, 0) is 0 Å². The molecule has 0 unspecified atom stereocenters. The lowest BCUT2D eigenvalue weighted by Crippen LogP contribution is -2.34. The molecule has 8 heteroatoms. The second-order valence-corrected chi connectivity index (χ2v) is 6.18. The zero-order valence-corrected chi connectivity index (χ0v) is 10.6. The van der Waals surface area contributed by atoms with Crippen molar-refractivity contribution in [2.75, 3.05) is 31.3 Å². The number of rotatable bonds is 5. The fourth-order valence-corrected chi connectivity index (χ4v) is 1.76. The van der Waals surface area contributed by atoms with Gasteiger partial charge in [0, 0.05) is 26.0 Å². The maximum absolute atomic E-state index is 11.7. The van der Waals surface area contributed by atoms with Crippen molar-refractivity contribution in [3.63, 3.8) is 0 Å². The van der Waals surface area contributed by atoms with Gasteiger partial charge in [0.1, 0.15) is 16.4 Å². The molecule has 0 fully saturated rings. The average Bonchev–Trinajstić information content (AvgIpc) is 2.59. The van der Waals surface area contributed by atoms with Gasteiger partial charge in [-0.25, -0.2) is 8.42 Å². The fraction of sp³-hybridized carbons (Fsp3) is 0.556. The molecule has 1 amide bonds. The molecule has 1 heterocycles. The molecule has 0 aliphatic heterocycles. The van der Waals surface area contributed by atoms with E-state index in [1.807, 2.05) is 0 Å². The summed E-state index contributed by atoms with van der Waals surface area (Å²) in [6.45, 7) is 0.228. The highest BCUT2D eigenvalue weighted by molar-refractivity contribution is 7.90. The molecule has 1 aromatic heterocycles. The van der Waals surface area contributed by atoms with E-state index in [9.17, 15) is 13.2 Å². The van der Waals surface area contributed by atoms with Crippen LogP contribution in [0.5, 0.6) is 0 Å². The van der Waals surface area contributed by atoms with Crippen LogP contribution in [0.1, 0.15) is 0 Å². The molecule has 0 saturated heterocycles. The van der Waals surface area contributed by atoms with Gasteiger partial charge in [0.25, 0.3) is 0 Å². The number of anilines is 1. The summed E-state index contributed by atoms with van der Waals surface area (Å²) in [7, 11) is -1.50. The first kappa shape index (κ1) is 13.5. The van der Waals surface area contributed by atoms with E-state index in [-0.39, 0.29) is 24.7 Å². The summed E-state index contributed by atoms with van der Waals surface area (Å²) < 4.78 is 23.3. The Morgan fingerprint density at radius 3 is 2.71 bits per heavy atom. The summed E-state index contributed by atoms with van der Waals surface area (Å²) in [5.41, 5.74) is 5.94. The van der Waals surface area contributed by atoms with Gasteiger partial charge >= 0.3 is 0 Å². The first-order valence-electron chi connectivity index (χ1n) is 4.97. The van der Waals surface area contributed by atoms with E-state index in [0.717, 1.165) is 6.26 Å². The lowest BCUT2D eigenvalue weighted by molar-refractivity contribution is -0.130. The van der Waals surface area contributed by atoms with E-state index in [1.54, 1.807) is 13.2 Å². The highest BCUT2D eigenvalue weighted by Gasteiger charge is 2.12. The second-order valence-electron chi connectivity index (χ2n) is 3.92. The topological polar surface area (TPSA) is 98.3 Å². The standard InChI is InChI=1S/C9H16N4O3S/c1-12(3-4-17(2,15)16)9(14)7-13-6-8(10)5-11-13/h5-6H,3-4,7,10H2,1-2H3. The van der Waals surface area contributed by atoms with Crippen LogP contribution in [-0.2, 0) is 21.2 Å². The number of nitrogens with two attached hydrogens (primary N) is 1. The molecule has 0 bridgehead atoms. The number of carbonyl (C=O) groups is 1. The van der Waals surface area contributed by atoms with Crippen molar-refractivity contribution in [2.24, 2.45) is 0 Å². The van der Waals surface area contributed by atoms with Crippen LogP contribution < -0.4 is 5.73 Å². The van der Waals surface area contributed by atoms with E-state index < -0.39 is 9.84 Å². The zero-order chi connectivity index (χ0) is 13.1. The van der Waals surface area contributed by atoms with E-state index in [0.29, 0.717) is 5.69 Å². The second kappa shape index (κ2) is 5.17. The quantitative estimate of drug-likeness (QED) is 0.729. The van der Waals surface area contributed by atoms with Gasteiger partial charge in [0.05, 0.1) is 17.6 Å². The number of hydrogen-bond acceptors (Lipinski definition) is 5. The predicted octanol–water partition coefficient (Wildman–Crippen LogP) is -1.03. The van der Waals surface area contributed by atoms with Crippen LogP contribution in [0.15, 0.2) is 12.4 Å². The normalized spacial score (nSPS) is 11.4. The summed E-state index contributed by atoms with van der Waals surface area (Å²) in [5.74, 6) is -0.256. The van der Waals surface area contributed by atoms with Gasteiger partial charge in [-0.15, -0.1) is 0 Å². The Hall–Kier alpha value is -1.57. The number of carbonyl (C=O) groups excluding carboxylic acids is 1. The lowest BCUT2D eigenvalue weighted by Gasteiger charge is -2.16. The smallest absolute Gasteiger partial charge is 0.244 e. The van der Waals surface area contributed by atoms with Crippen LogP contribution in [0.25, 0.3) is 0 Å². The number of likely N-dealkylation sites (N-methyl/N-ethyl adjacent to an activating group) is 1. The SMILES string of the molecule is CN(CCS(C)(=O)=O)C(=O)Cn1cc(N)cn1. The van der Waals surface area contributed by atoms with Gasteiger partial charge in [-0.1, -0.05) is 0 Å². The lowest BCUT2D eigenvalue weighted by atomic mass is 10.5. The zero-order valence-electron chi connectivity index (χ0n) is 9.83. The Bertz CT molecular complexity index is 494. The van der Waals surface area contributed by atoms with Crippen molar-refractivity contribution in [2.45, 2.75) is 6.54 Å². The third-order valence-electron chi connectivity index (χ3n) is 2.17. The van der Waals surface area contributed by atoms with Crippen molar-refractivity contribution in [1.82, 2.24) is 14.7 Å². The highest BCUT2D eigenvalue weighted by atomic mass is 32.2. The number of hydrogen-bond donors (Lipinski definition) is 1. The number of sulfone groups is 1. The van der Waals surface area contributed by atoms with Gasteiger partial charge in [0.2, 0.25) is 5.91 Å². The predicted molar refractivity (Wildman–Crippen MR) is 64.0 cm³/mol. The van der Waals surface area contributed by atoms with Crippen LogP contribution in [0, 0.1) is 0 Å². The largest absolute Gasteiger partial charge is 0.396 e. The van der Waals surface area contributed by atoms with Crippen molar-refractivity contribution in [1.29, 1.82) is 0 Å². The number of amides is 1. The summed E-state index contributed by atoms with van der Waals surface area (Å²) in [6.07, 6.45) is 4.13. The van der Waals surface area contributed by atoms with Gasteiger partial charge in [0.15, 0.2) is 0 Å². The molecular formula is C9H16N4O3S. The van der Waals surface area contributed by atoms with Crippen molar-refractivity contribution in [3.05, 3.63) is 12.4 Å². The summed E-state index contributed by atoms with van der Waals surface area (Å²) in [4.78, 5) is 13.0. The molecule has 0 spiro atoms. The molecule has 0 atom stereocenters. The van der Waals surface area contributed by atoms with Crippen LogP contribution in [0.4, 0.5) is 5.69 Å². The molecule has 2 N–H and O–H groups in total. The molecular weight excluding hydrogens is 244 g/mol. The van der Waals surface area contributed by atoms with Crippen molar-refractivity contribution >= 4 is 21.4 Å². The van der Waals surface area contributed by atoms with Crippen LogP contribution in [0.3, 0.4) is 0 Å². The molecule has 0 radical (unpaired) electrons. The first-order valence-corrected chi connectivity index (χ1v) is 7.03. The Balaban J connectivity index is 2.47. The number of nitrogens with zero attached hydrogens (tertiary/aromatic N) is 3. The molecule has 0 aromatic carbocycles. The van der Waals surface area contributed by atoms with E-state index in [4.69, 9.17) is 5.73 Å². The van der Waals surface area contributed by atoms with E-state index in [1.165, 1.54) is 15.8 Å². The molecule has 96 valence electrons. The minimum atomic E-state index is -3.06. The third-order valence-corrected chi connectivity index (χ3v) is 3.10. The highest BCUT2D eigenvalue weighted by Crippen LogP contribution is 1.99. The molecule has 1 rings (SSSR count). The number of aromatic nitrogens is 2. The average molecular weight is 260 g/mol.